The standard InChI is InChI=1S/C22H25ClFN3O/c1-3-9-26-14-21(8-10-28)27(15-18-11-19(24)6-4-16(18)2)20-7-5-17(13-25)22(23)12-20/h4-7,10-12,21,26H,3,8-9,14-15H2,1-2H3/t21-/m0/s1. The van der Waals surface area contributed by atoms with Gasteiger partial charge in [0.1, 0.15) is 18.2 Å². The van der Waals surface area contributed by atoms with Crippen molar-refractivity contribution in [2.45, 2.75) is 39.3 Å². The number of hydrogen-bond donors (Lipinski definition) is 1. The monoisotopic (exact) mass is 401 g/mol. The summed E-state index contributed by atoms with van der Waals surface area (Å²) in [5.41, 5.74) is 2.99. The highest BCUT2D eigenvalue weighted by atomic mass is 35.5. The van der Waals surface area contributed by atoms with Crippen LogP contribution in [0.2, 0.25) is 5.02 Å². The second-order valence-electron chi connectivity index (χ2n) is 6.73. The van der Waals surface area contributed by atoms with E-state index in [-0.39, 0.29) is 11.9 Å². The molecule has 148 valence electrons. The summed E-state index contributed by atoms with van der Waals surface area (Å²) in [7, 11) is 0. The molecule has 2 aromatic rings. The highest BCUT2D eigenvalue weighted by Gasteiger charge is 2.21. The number of nitriles is 1. The maximum Gasteiger partial charge on any atom is 0.123 e. The van der Waals surface area contributed by atoms with Crippen molar-refractivity contribution in [2.75, 3.05) is 18.0 Å². The number of benzene rings is 2. The largest absolute Gasteiger partial charge is 0.362 e. The van der Waals surface area contributed by atoms with Crippen molar-refractivity contribution < 1.29 is 9.18 Å². The number of carbonyl (C=O) groups is 1. The van der Waals surface area contributed by atoms with Gasteiger partial charge in [0.25, 0.3) is 0 Å². The Balaban J connectivity index is 2.43. The van der Waals surface area contributed by atoms with Gasteiger partial charge in [-0.1, -0.05) is 24.6 Å². The number of aryl methyl sites for hydroxylation is 1. The molecule has 0 amide bonds. The summed E-state index contributed by atoms with van der Waals surface area (Å²) in [6, 6.07) is 11.8. The first-order valence-corrected chi connectivity index (χ1v) is 9.73. The van der Waals surface area contributed by atoms with Gasteiger partial charge >= 0.3 is 0 Å². The molecule has 0 heterocycles. The predicted octanol–water partition coefficient (Wildman–Crippen LogP) is 4.62. The Labute approximate surface area is 170 Å². The zero-order chi connectivity index (χ0) is 20.5. The van der Waals surface area contributed by atoms with Gasteiger partial charge in [0.15, 0.2) is 0 Å². The topological polar surface area (TPSA) is 56.1 Å². The molecule has 0 aliphatic rings. The molecule has 0 spiro atoms. The molecule has 28 heavy (non-hydrogen) atoms. The van der Waals surface area contributed by atoms with Crippen LogP contribution in [0.5, 0.6) is 0 Å². The zero-order valence-electron chi connectivity index (χ0n) is 16.2. The van der Waals surface area contributed by atoms with E-state index in [0.29, 0.717) is 30.1 Å². The number of halogens is 2. The maximum absolute atomic E-state index is 13.8. The van der Waals surface area contributed by atoms with E-state index in [1.807, 2.05) is 17.9 Å². The molecule has 0 radical (unpaired) electrons. The highest BCUT2D eigenvalue weighted by molar-refractivity contribution is 6.32. The molecule has 0 saturated carbocycles. The summed E-state index contributed by atoms with van der Waals surface area (Å²) in [6.45, 7) is 5.89. The molecular formula is C22H25ClFN3O. The van der Waals surface area contributed by atoms with Crippen LogP contribution in [0.1, 0.15) is 36.5 Å². The first kappa shape index (κ1) is 21.9. The van der Waals surface area contributed by atoms with Crippen molar-refractivity contribution in [3.8, 4) is 6.07 Å². The van der Waals surface area contributed by atoms with E-state index in [9.17, 15) is 9.18 Å². The van der Waals surface area contributed by atoms with Crippen molar-refractivity contribution >= 4 is 23.6 Å². The van der Waals surface area contributed by atoms with Crippen molar-refractivity contribution in [2.24, 2.45) is 0 Å². The van der Waals surface area contributed by atoms with Gasteiger partial charge in [0, 0.05) is 31.2 Å². The Morgan fingerprint density at radius 3 is 2.75 bits per heavy atom. The molecule has 0 bridgehead atoms. The summed E-state index contributed by atoms with van der Waals surface area (Å²) in [4.78, 5) is 13.4. The number of nitrogens with zero attached hydrogens (tertiary/aromatic N) is 2. The molecular weight excluding hydrogens is 377 g/mol. The van der Waals surface area contributed by atoms with Gasteiger partial charge in [-0.25, -0.2) is 4.39 Å². The third-order valence-electron chi connectivity index (χ3n) is 4.67. The molecule has 0 aromatic heterocycles. The van der Waals surface area contributed by atoms with Gasteiger partial charge in [-0.05, 0) is 61.3 Å². The van der Waals surface area contributed by atoms with Crippen LogP contribution in [-0.4, -0.2) is 25.4 Å². The number of carbonyl (C=O) groups excluding carboxylic acids is 1. The molecule has 0 saturated heterocycles. The second-order valence-corrected chi connectivity index (χ2v) is 7.14. The molecule has 0 fully saturated rings. The average molecular weight is 402 g/mol. The van der Waals surface area contributed by atoms with Crippen LogP contribution in [0.3, 0.4) is 0 Å². The smallest absolute Gasteiger partial charge is 0.123 e. The lowest BCUT2D eigenvalue weighted by Gasteiger charge is -2.34. The third-order valence-corrected chi connectivity index (χ3v) is 4.99. The molecule has 0 aliphatic heterocycles. The normalized spacial score (nSPS) is 11.7. The number of rotatable bonds is 10. The van der Waals surface area contributed by atoms with E-state index in [0.717, 1.165) is 36.1 Å². The molecule has 2 aromatic carbocycles. The van der Waals surface area contributed by atoms with Crippen LogP contribution in [0.4, 0.5) is 10.1 Å². The van der Waals surface area contributed by atoms with Gasteiger partial charge in [-0.15, -0.1) is 0 Å². The molecule has 2 rings (SSSR count). The maximum atomic E-state index is 13.8. The lowest BCUT2D eigenvalue weighted by atomic mass is 10.0. The minimum Gasteiger partial charge on any atom is -0.362 e. The number of nitrogens with one attached hydrogen (secondary N) is 1. The van der Waals surface area contributed by atoms with E-state index in [2.05, 4.69) is 18.3 Å². The minimum absolute atomic E-state index is 0.129. The van der Waals surface area contributed by atoms with Crippen LogP contribution in [0.25, 0.3) is 0 Å². The van der Waals surface area contributed by atoms with E-state index >= 15 is 0 Å². The van der Waals surface area contributed by atoms with E-state index in [4.69, 9.17) is 16.9 Å². The Hall–Kier alpha value is -2.42. The summed E-state index contributed by atoms with van der Waals surface area (Å²) in [6.07, 6.45) is 2.21. The number of hydrogen-bond acceptors (Lipinski definition) is 4. The van der Waals surface area contributed by atoms with Crippen molar-refractivity contribution in [3.05, 3.63) is 63.9 Å². The average Bonchev–Trinajstić information content (AvgIpc) is 2.68. The highest BCUT2D eigenvalue weighted by Crippen LogP contribution is 2.28. The molecule has 1 N–H and O–H groups in total. The summed E-state index contributed by atoms with van der Waals surface area (Å²) < 4.78 is 13.8. The Kier molecular flexibility index (Phi) is 8.43. The molecule has 0 aliphatic carbocycles. The van der Waals surface area contributed by atoms with Crippen LogP contribution >= 0.6 is 11.6 Å². The van der Waals surface area contributed by atoms with Gasteiger partial charge in [0.2, 0.25) is 0 Å². The second kappa shape index (κ2) is 10.8. The zero-order valence-corrected chi connectivity index (χ0v) is 17.0. The van der Waals surface area contributed by atoms with Gasteiger partial charge < -0.3 is 15.0 Å². The van der Waals surface area contributed by atoms with Crippen molar-refractivity contribution in [1.82, 2.24) is 5.32 Å². The quantitative estimate of drug-likeness (QED) is 0.466. The molecule has 6 heteroatoms. The van der Waals surface area contributed by atoms with Crippen molar-refractivity contribution in [1.29, 1.82) is 5.26 Å². The summed E-state index contributed by atoms with van der Waals surface area (Å²) >= 11 is 6.25. The van der Waals surface area contributed by atoms with E-state index in [1.54, 1.807) is 18.2 Å². The molecule has 1 atom stereocenters. The number of aldehydes is 1. The molecule has 4 nitrogen and oxygen atoms in total. The predicted molar refractivity (Wildman–Crippen MR) is 111 cm³/mol. The Morgan fingerprint density at radius 1 is 1.32 bits per heavy atom. The number of anilines is 1. The summed E-state index contributed by atoms with van der Waals surface area (Å²) in [5, 5.41) is 12.9. The fourth-order valence-corrected chi connectivity index (χ4v) is 3.29. The fraction of sp³-hybridized carbons (Fsp3) is 0.364. The molecule has 0 unspecified atom stereocenters. The van der Waals surface area contributed by atoms with Crippen LogP contribution in [0.15, 0.2) is 36.4 Å². The minimum atomic E-state index is -0.297. The summed E-state index contributed by atoms with van der Waals surface area (Å²) in [5.74, 6) is -0.297. The van der Waals surface area contributed by atoms with E-state index in [1.165, 1.54) is 12.1 Å². The lowest BCUT2D eigenvalue weighted by molar-refractivity contribution is -0.108. The lowest BCUT2D eigenvalue weighted by Crippen LogP contribution is -2.43. The van der Waals surface area contributed by atoms with Crippen LogP contribution in [-0.2, 0) is 11.3 Å². The Morgan fingerprint density at radius 2 is 2.11 bits per heavy atom. The van der Waals surface area contributed by atoms with Crippen LogP contribution in [0, 0.1) is 24.1 Å². The van der Waals surface area contributed by atoms with Gasteiger partial charge in [-0.2, -0.15) is 5.26 Å². The SMILES string of the molecule is CCCNC[C@H](CC=O)N(Cc1cc(F)ccc1C)c1ccc(C#N)c(Cl)c1. The first-order valence-electron chi connectivity index (χ1n) is 9.35. The Bertz CT molecular complexity index is 850. The van der Waals surface area contributed by atoms with Crippen LogP contribution < -0.4 is 10.2 Å². The van der Waals surface area contributed by atoms with E-state index < -0.39 is 0 Å². The van der Waals surface area contributed by atoms with Crippen molar-refractivity contribution in [3.63, 3.8) is 0 Å². The third kappa shape index (κ3) is 5.79. The van der Waals surface area contributed by atoms with Gasteiger partial charge in [-0.3, -0.25) is 0 Å². The fourth-order valence-electron chi connectivity index (χ4n) is 3.08. The van der Waals surface area contributed by atoms with Gasteiger partial charge in [0.05, 0.1) is 10.6 Å². The first-order chi connectivity index (χ1) is 13.5.